The number of nitrogen functional groups attached to an aromatic ring is 1. The van der Waals surface area contributed by atoms with E-state index < -0.39 is 0 Å². The summed E-state index contributed by atoms with van der Waals surface area (Å²) >= 11 is 0. The fourth-order valence-corrected chi connectivity index (χ4v) is 1.60. The number of hydrogen-bond acceptors (Lipinski definition) is 5. The molecule has 3 N–H and O–H groups in total. The van der Waals surface area contributed by atoms with Crippen LogP contribution in [0.1, 0.15) is 24.1 Å². The molecule has 1 atom stereocenters. The van der Waals surface area contributed by atoms with Gasteiger partial charge in [-0.1, -0.05) is 6.07 Å². The fourth-order valence-electron chi connectivity index (χ4n) is 1.60. The smallest absolute Gasteiger partial charge is 0.144 e. The summed E-state index contributed by atoms with van der Waals surface area (Å²) in [6.45, 7) is 1.98. The molecule has 1 unspecified atom stereocenters. The van der Waals surface area contributed by atoms with E-state index in [1.165, 1.54) is 6.20 Å². The van der Waals surface area contributed by atoms with Gasteiger partial charge in [0.25, 0.3) is 0 Å². The van der Waals surface area contributed by atoms with E-state index in [1.807, 2.05) is 19.1 Å². The Labute approximate surface area is 105 Å². The van der Waals surface area contributed by atoms with E-state index >= 15 is 0 Å². The van der Waals surface area contributed by atoms with Gasteiger partial charge in [0.2, 0.25) is 0 Å². The maximum Gasteiger partial charge on any atom is 0.144 e. The van der Waals surface area contributed by atoms with Crippen molar-refractivity contribution < 1.29 is 0 Å². The van der Waals surface area contributed by atoms with E-state index in [0.717, 1.165) is 5.56 Å². The lowest BCUT2D eigenvalue weighted by atomic mass is 10.1. The van der Waals surface area contributed by atoms with Crippen molar-refractivity contribution in [3.63, 3.8) is 0 Å². The highest BCUT2D eigenvalue weighted by atomic mass is 15.0. The van der Waals surface area contributed by atoms with E-state index in [-0.39, 0.29) is 6.04 Å². The predicted molar refractivity (Wildman–Crippen MR) is 69.6 cm³/mol. The lowest BCUT2D eigenvalue weighted by molar-refractivity contribution is 0.865. The molecule has 90 valence electrons. The lowest BCUT2D eigenvalue weighted by Crippen LogP contribution is -2.09. The molecule has 0 amide bonds. The Morgan fingerprint density at radius 1 is 1.44 bits per heavy atom. The first kappa shape index (κ1) is 11.9. The molecule has 0 radical (unpaired) electrons. The molecule has 0 aliphatic heterocycles. The van der Waals surface area contributed by atoms with Gasteiger partial charge in [0.05, 0.1) is 23.5 Å². The van der Waals surface area contributed by atoms with Crippen molar-refractivity contribution in [1.29, 1.82) is 5.26 Å². The first-order valence-electron chi connectivity index (χ1n) is 5.53. The average molecular weight is 239 g/mol. The molecule has 0 saturated carbocycles. The van der Waals surface area contributed by atoms with Crippen LogP contribution in [0.3, 0.4) is 0 Å². The molecule has 0 bridgehead atoms. The van der Waals surface area contributed by atoms with E-state index in [9.17, 15) is 0 Å². The van der Waals surface area contributed by atoms with Crippen LogP contribution >= 0.6 is 0 Å². The second-order valence-electron chi connectivity index (χ2n) is 3.93. The summed E-state index contributed by atoms with van der Waals surface area (Å²) in [7, 11) is 0. The van der Waals surface area contributed by atoms with Crippen molar-refractivity contribution in [2.75, 3.05) is 11.1 Å². The summed E-state index contributed by atoms with van der Waals surface area (Å²) in [6, 6.07) is 7.53. The highest BCUT2D eigenvalue weighted by Gasteiger charge is 2.09. The SMILES string of the molecule is CC(Nc1ncc(N)cc1C#N)c1cccnc1. The number of aromatic nitrogens is 2. The van der Waals surface area contributed by atoms with Crippen molar-refractivity contribution in [3.05, 3.63) is 47.9 Å². The Kier molecular flexibility index (Phi) is 3.39. The highest BCUT2D eigenvalue weighted by Crippen LogP contribution is 2.20. The predicted octanol–water partition coefficient (Wildman–Crippen LogP) is 2.10. The molecule has 2 aromatic rings. The normalized spacial score (nSPS) is 11.6. The molecular formula is C13H13N5. The van der Waals surface area contributed by atoms with Crippen molar-refractivity contribution >= 4 is 11.5 Å². The van der Waals surface area contributed by atoms with Crippen molar-refractivity contribution in [2.24, 2.45) is 0 Å². The zero-order valence-electron chi connectivity index (χ0n) is 9.96. The van der Waals surface area contributed by atoms with Crippen LogP contribution in [-0.2, 0) is 0 Å². The first-order valence-corrected chi connectivity index (χ1v) is 5.53. The zero-order valence-corrected chi connectivity index (χ0v) is 9.96. The van der Waals surface area contributed by atoms with Crippen LogP contribution in [0.2, 0.25) is 0 Å². The Balaban J connectivity index is 2.22. The summed E-state index contributed by atoms with van der Waals surface area (Å²) in [5.74, 6) is 0.531. The molecule has 0 fully saturated rings. The van der Waals surface area contributed by atoms with Crippen LogP contribution in [0.25, 0.3) is 0 Å². The molecule has 0 saturated heterocycles. The number of pyridine rings is 2. The number of anilines is 2. The maximum absolute atomic E-state index is 9.03. The molecule has 5 heteroatoms. The largest absolute Gasteiger partial charge is 0.397 e. The Bertz CT molecular complexity index is 574. The van der Waals surface area contributed by atoms with Crippen molar-refractivity contribution in [1.82, 2.24) is 9.97 Å². The highest BCUT2D eigenvalue weighted by molar-refractivity contribution is 5.58. The molecule has 0 aliphatic carbocycles. The molecule has 0 spiro atoms. The zero-order chi connectivity index (χ0) is 13.0. The molecule has 0 aliphatic rings. The van der Waals surface area contributed by atoms with E-state index in [1.54, 1.807) is 18.5 Å². The number of nitrogens with one attached hydrogen (secondary N) is 1. The van der Waals surface area contributed by atoms with Gasteiger partial charge in [-0.3, -0.25) is 4.98 Å². The van der Waals surface area contributed by atoms with E-state index in [2.05, 4.69) is 21.4 Å². The Morgan fingerprint density at radius 2 is 2.28 bits per heavy atom. The third kappa shape index (κ3) is 2.55. The van der Waals surface area contributed by atoms with Crippen LogP contribution in [0, 0.1) is 11.3 Å². The number of hydrogen-bond donors (Lipinski definition) is 2. The minimum atomic E-state index is 0.0157. The molecule has 2 aromatic heterocycles. The van der Waals surface area contributed by atoms with Crippen LogP contribution in [0.5, 0.6) is 0 Å². The molecule has 18 heavy (non-hydrogen) atoms. The summed E-state index contributed by atoms with van der Waals surface area (Å²) in [5, 5.41) is 12.2. The van der Waals surface area contributed by atoms with Gasteiger partial charge < -0.3 is 11.1 Å². The van der Waals surface area contributed by atoms with Crippen LogP contribution < -0.4 is 11.1 Å². The second kappa shape index (κ2) is 5.15. The van der Waals surface area contributed by atoms with Gasteiger partial charge in [0.1, 0.15) is 11.9 Å². The Morgan fingerprint density at radius 3 is 2.94 bits per heavy atom. The number of nitriles is 1. The Hall–Kier alpha value is -2.61. The molecular weight excluding hydrogens is 226 g/mol. The summed E-state index contributed by atoms with van der Waals surface area (Å²) < 4.78 is 0. The first-order chi connectivity index (χ1) is 8.70. The van der Waals surface area contributed by atoms with Gasteiger partial charge in [-0.15, -0.1) is 0 Å². The van der Waals surface area contributed by atoms with Gasteiger partial charge in [-0.05, 0) is 24.6 Å². The minimum Gasteiger partial charge on any atom is -0.397 e. The molecule has 5 nitrogen and oxygen atoms in total. The van der Waals surface area contributed by atoms with Crippen molar-refractivity contribution in [2.45, 2.75) is 13.0 Å². The minimum absolute atomic E-state index is 0.0157. The third-order valence-electron chi connectivity index (χ3n) is 2.57. The number of nitrogens with zero attached hydrogens (tertiary/aromatic N) is 3. The molecule has 2 rings (SSSR count). The lowest BCUT2D eigenvalue weighted by Gasteiger charge is -2.15. The van der Waals surface area contributed by atoms with Gasteiger partial charge in [0.15, 0.2) is 0 Å². The topological polar surface area (TPSA) is 87.6 Å². The van der Waals surface area contributed by atoms with E-state index in [4.69, 9.17) is 11.0 Å². The quantitative estimate of drug-likeness (QED) is 0.856. The van der Waals surface area contributed by atoms with Crippen LogP contribution in [0.15, 0.2) is 36.8 Å². The summed E-state index contributed by atoms with van der Waals surface area (Å²) in [5.41, 5.74) is 7.54. The van der Waals surface area contributed by atoms with Crippen LogP contribution in [-0.4, -0.2) is 9.97 Å². The standard InChI is InChI=1S/C13H13N5/c1-9(10-3-2-4-16-7-10)18-13-11(6-14)5-12(15)8-17-13/h2-5,7-9H,15H2,1H3,(H,17,18). The number of nitrogens with two attached hydrogens (primary N) is 1. The van der Waals surface area contributed by atoms with E-state index in [0.29, 0.717) is 17.1 Å². The third-order valence-corrected chi connectivity index (χ3v) is 2.57. The average Bonchev–Trinajstić information content (AvgIpc) is 2.41. The monoisotopic (exact) mass is 239 g/mol. The fraction of sp³-hybridized carbons (Fsp3) is 0.154. The van der Waals surface area contributed by atoms with Crippen molar-refractivity contribution in [3.8, 4) is 6.07 Å². The molecule has 2 heterocycles. The number of rotatable bonds is 3. The second-order valence-corrected chi connectivity index (χ2v) is 3.93. The summed E-state index contributed by atoms with van der Waals surface area (Å²) in [6.07, 6.45) is 5.03. The summed E-state index contributed by atoms with van der Waals surface area (Å²) in [4.78, 5) is 8.19. The maximum atomic E-state index is 9.03. The van der Waals surface area contributed by atoms with Gasteiger partial charge in [-0.25, -0.2) is 4.98 Å². The van der Waals surface area contributed by atoms with Crippen LogP contribution in [0.4, 0.5) is 11.5 Å². The molecule has 0 aromatic carbocycles. The van der Waals surface area contributed by atoms with Gasteiger partial charge >= 0.3 is 0 Å². The van der Waals surface area contributed by atoms with Gasteiger partial charge in [0, 0.05) is 12.4 Å². The van der Waals surface area contributed by atoms with Gasteiger partial charge in [-0.2, -0.15) is 5.26 Å².